The predicted octanol–water partition coefficient (Wildman–Crippen LogP) is 1.39. The van der Waals surface area contributed by atoms with Crippen LogP contribution in [0.2, 0.25) is 0 Å². The van der Waals surface area contributed by atoms with Crippen LogP contribution in [0.25, 0.3) is 0 Å². The summed E-state index contributed by atoms with van der Waals surface area (Å²) in [7, 11) is 4.26. The summed E-state index contributed by atoms with van der Waals surface area (Å²) in [5.41, 5.74) is -0.0932. The van der Waals surface area contributed by atoms with Crippen LogP contribution in [0.5, 0.6) is 5.75 Å². The van der Waals surface area contributed by atoms with E-state index in [1.807, 2.05) is 0 Å². The van der Waals surface area contributed by atoms with E-state index in [-0.39, 0.29) is 37.7 Å². The molecule has 0 saturated heterocycles. The number of nitrogens with zero attached hydrogens (tertiary/aromatic N) is 4. The van der Waals surface area contributed by atoms with E-state index in [1.54, 1.807) is 26.0 Å². The molecular formula is C24H29FN4O6. The molecule has 188 valence electrons. The summed E-state index contributed by atoms with van der Waals surface area (Å²) >= 11 is 0. The molecule has 11 heteroatoms. The molecule has 1 aliphatic rings. The minimum absolute atomic E-state index is 0.0428. The highest BCUT2D eigenvalue weighted by molar-refractivity contribution is 6.34. The first kappa shape index (κ1) is 26.0. The minimum Gasteiger partial charge on any atom is -0.501 e. The molecule has 1 aromatic heterocycles. The van der Waals surface area contributed by atoms with Gasteiger partial charge >= 0.3 is 11.8 Å². The molecule has 2 heterocycles. The maximum absolute atomic E-state index is 13.5. The number of halogens is 1. The molecule has 10 nitrogen and oxygen atoms in total. The number of hydrogen-bond acceptors (Lipinski definition) is 7. The smallest absolute Gasteiger partial charge is 0.312 e. The van der Waals surface area contributed by atoms with E-state index in [4.69, 9.17) is 4.74 Å². The van der Waals surface area contributed by atoms with Crippen LogP contribution in [0.4, 0.5) is 4.39 Å². The second-order valence-electron chi connectivity index (χ2n) is 8.87. The largest absolute Gasteiger partial charge is 0.501 e. The van der Waals surface area contributed by atoms with Gasteiger partial charge in [0.25, 0.3) is 5.56 Å². The average Bonchev–Trinajstić information content (AvgIpc) is 2.98. The van der Waals surface area contributed by atoms with E-state index in [9.17, 15) is 28.7 Å². The molecule has 1 aliphatic heterocycles. The molecule has 0 fully saturated rings. The third kappa shape index (κ3) is 5.24. The van der Waals surface area contributed by atoms with Crippen molar-refractivity contribution in [3.8, 4) is 5.75 Å². The van der Waals surface area contributed by atoms with Crippen molar-refractivity contribution in [3.63, 3.8) is 0 Å². The monoisotopic (exact) mass is 488 g/mol. The van der Waals surface area contributed by atoms with E-state index in [1.165, 1.54) is 31.8 Å². The summed E-state index contributed by atoms with van der Waals surface area (Å²) in [6.07, 6.45) is 0.164. The van der Waals surface area contributed by atoms with Crippen LogP contribution < -0.4 is 5.56 Å². The van der Waals surface area contributed by atoms with Gasteiger partial charge in [-0.15, -0.1) is 0 Å². The summed E-state index contributed by atoms with van der Waals surface area (Å²) in [5, 5.41) is 10.6. The number of benzene rings is 1. The van der Waals surface area contributed by atoms with Gasteiger partial charge in [0.05, 0.1) is 19.3 Å². The second-order valence-corrected chi connectivity index (χ2v) is 8.87. The number of hydrogen-bond donors (Lipinski definition) is 1. The van der Waals surface area contributed by atoms with Gasteiger partial charge in [0.15, 0.2) is 11.5 Å². The van der Waals surface area contributed by atoms with E-state index in [2.05, 4.69) is 4.98 Å². The lowest BCUT2D eigenvalue weighted by molar-refractivity contribution is -0.151. The number of ketones is 1. The van der Waals surface area contributed by atoms with Gasteiger partial charge in [0.1, 0.15) is 17.7 Å². The maximum atomic E-state index is 13.5. The van der Waals surface area contributed by atoms with Crippen molar-refractivity contribution in [3.05, 3.63) is 57.0 Å². The van der Waals surface area contributed by atoms with Gasteiger partial charge in [-0.05, 0) is 37.5 Å². The van der Waals surface area contributed by atoms with Crippen LogP contribution in [0, 0.1) is 12.7 Å². The zero-order valence-electron chi connectivity index (χ0n) is 20.4. The van der Waals surface area contributed by atoms with Crippen molar-refractivity contribution in [2.24, 2.45) is 0 Å². The molecule has 35 heavy (non-hydrogen) atoms. The highest BCUT2D eigenvalue weighted by Crippen LogP contribution is 2.27. The first-order valence-electron chi connectivity index (χ1n) is 11.1. The lowest BCUT2D eigenvalue weighted by Gasteiger charge is -2.28. The van der Waals surface area contributed by atoms with Crippen LogP contribution in [-0.4, -0.2) is 76.4 Å². The molecule has 0 spiro atoms. The normalized spacial score (nSPS) is 17.3. The second kappa shape index (κ2) is 10.3. The standard InChI is InChI=1S/C24H29FN4O6/c1-13-10-15(6-8-16(13)25)7-9-18(30)19-20(31)22(32)29-14(2)11-35-12-17(21(29)26-19)28(5)24(34)23(33)27(3)4/h6,8,10,14,17,31H,7,9,11-12H2,1-5H3. The van der Waals surface area contributed by atoms with E-state index < -0.39 is 46.7 Å². The van der Waals surface area contributed by atoms with Gasteiger partial charge in [-0.2, -0.15) is 0 Å². The van der Waals surface area contributed by atoms with Crippen LogP contribution in [0.15, 0.2) is 23.0 Å². The predicted molar refractivity (Wildman–Crippen MR) is 124 cm³/mol. The molecule has 0 saturated carbocycles. The number of aromatic hydroxyl groups is 1. The number of carbonyl (C=O) groups is 3. The Morgan fingerprint density at radius 1 is 1.20 bits per heavy atom. The summed E-state index contributed by atoms with van der Waals surface area (Å²) < 4.78 is 20.3. The first-order chi connectivity index (χ1) is 16.4. The van der Waals surface area contributed by atoms with Crippen LogP contribution in [0.1, 0.15) is 52.9 Å². The van der Waals surface area contributed by atoms with Gasteiger partial charge in [-0.1, -0.05) is 12.1 Å². The molecule has 0 aliphatic carbocycles. The first-order valence-corrected chi connectivity index (χ1v) is 11.1. The van der Waals surface area contributed by atoms with Crippen molar-refractivity contribution in [1.82, 2.24) is 19.4 Å². The van der Waals surface area contributed by atoms with Crippen molar-refractivity contribution in [2.45, 2.75) is 38.8 Å². The van der Waals surface area contributed by atoms with Crippen molar-refractivity contribution in [2.75, 3.05) is 34.4 Å². The van der Waals surface area contributed by atoms with Crippen molar-refractivity contribution < 1.29 is 28.6 Å². The fourth-order valence-corrected chi connectivity index (χ4v) is 3.90. The zero-order chi connectivity index (χ0) is 26.0. The number of aryl methyl sites for hydroxylation is 2. The van der Waals surface area contributed by atoms with E-state index in [0.29, 0.717) is 5.56 Å². The Kier molecular flexibility index (Phi) is 7.69. The summed E-state index contributed by atoms with van der Waals surface area (Å²) in [6, 6.07) is 3.01. The lowest BCUT2D eigenvalue weighted by atomic mass is 10.0. The summed E-state index contributed by atoms with van der Waals surface area (Å²) in [5.74, 6) is -3.30. The number of carbonyl (C=O) groups excluding carboxylic acids is 3. The Morgan fingerprint density at radius 2 is 1.89 bits per heavy atom. The number of fused-ring (bicyclic) bond motifs is 1. The van der Waals surface area contributed by atoms with Crippen LogP contribution in [0.3, 0.4) is 0 Å². The Balaban J connectivity index is 1.99. The molecule has 0 radical (unpaired) electrons. The number of rotatable bonds is 5. The topological polar surface area (TPSA) is 122 Å². The Morgan fingerprint density at radius 3 is 2.51 bits per heavy atom. The molecule has 3 rings (SSSR count). The average molecular weight is 489 g/mol. The van der Waals surface area contributed by atoms with Crippen molar-refractivity contribution >= 4 is 17.6 Å². The van der Waals surface area contributed by atoms with Gasteiger partial charge in [0, 0.05) is 27.6 Å². The lowest BCUT2D eigenvalue weighted by Crippen LogP contribution is -2.44. The van der Waals surface area contributed by atoms with Crippen molar-refractivity contribution in [1.29, 1.82) is 0 Å². The van der Waals surface area contributed by atoms with E-state index >= 15 is 0 Å². The number of amides is 2. The quantitative estimate of drug-likeness (QED) is 0.499. The number of aromatic nitrogens is 2. The Hall–Kier alpha value is -3.60. The fourth-order valence-electron chi connectivity index (χ4n) is 3.90. The van der Waals surface area contributed by atoms with Gasteiger partial charge in [-0.3, -0.25) is 23.7 Å². The third-order valence-corrected chi connectivity index (χ3v) is 6.00. The SMILES string of the molecule is Cc1cc(CCC(=O)c2nc3n(c(=O)c2O)C(C)COCC3N(C)C(=O)C(=O)N(C)C)ccc1F. The highest BCUT2D eigenvalue weighted by Gasteiger charge is 2.35. The number of likely N-dealkylation sites (N-methyl/N-ethyl adjacent to an activating group) is 2. The minimum atomic E-state index is -0.948. The number of ether oxygens (including phenoxy) is 1. The molecule has 2 atom stereocenters. The maximum Gasteiger partial charge on any atom is 0.312 e. The molecule has 1 aromatic carbocycles. The van der Waals surface area contributed by atoms with Gasteiger partial charge < -0.3 is 19.6 Å². The molecule has 2 aromatic rings. The molecule has 1 N–H and O–H groups in total. The van der Waals surface area contributed by atoms with Gasteiger partial charge in [-0.25, -0.2) is 9.37 Å². The van der Waals surface area contributed by atoms with Gasteiger partial charge in [0.2, 0.25) is 5.75 Å². The van der Waals surface area contributed by atoms with Crippen LogP contribution >= 0.6 is 0 Å². The third-order valence-electron chi connectivity index (χ3n) is 6.00. The van der Waals surface area contributed by atoms with Crippen LogP contribution in [-0.2, 0) is 20.7 Å². The molecule has 2 unspecified atom stereocenters. The summed E-state index contributed by atoms with van der Waals surface area (Å²) in [4.78, 5) is 57.6. The Bertz CT molecular complexity index is 1230. The molecular weight excluding hydrogens is 459 g/mol. The summed E-state index contributed by atoms with van der Waals surface area (Å²) in [6.45, 7) is 3.33. The number of Topliss-reactive ketones (excluding diaryl/α,β-unsaturated/α-hetero) is 1. The fraction of sp³-hybridized carbons (Fsp3) is 0.458. The molecule has 0 bridgehead atoms. The van der Waals surface area contributed by atoms with E-state index in [0.717, 1.165) is 15.4 Å². The zero-order valence-corrected chi connectivity index (χ0v) is 20.4. The molecule has 2 amide bonds. The highest BCUT2D eigenvalue weighted by atomic mass is 19.1. The Labute approximate surface area is 201 Å².